The van der Waals surface area contributed by atoms with Gasteiger partial charge < -0.3 is 15.4 Å². The molecule has 1 saturated heterocycles. The van der Waals surface area contributed by atoms with Crippen molar-refractivity contribution in [1.29, 1.82) is 0 Å². The van der Waals surface area contributed by atoms with E-state index in [9.17, 15) is 4.79 Å². The van der Waals surface area contributed by atoms with Gasteiger partial charge in [0.05, 0.1) is 12.1 Å². The number of carbonyl (C=O) groups excluding carboxylic acids is 1. The van der Waals surface area contributed by atoms with E-state index in [2.05, 4.69) is 10.6 Å². The van der Waals surface area contributed by atoms with Crippen LogP contribution in [0.3, 0.4) is 0 Å². The van der Waals surface area contributed by atoms with Gasteiger partial charge in [0.1, 0.15) is 5.75 Å². The first kappa shape index (κ1) is 14.2. The highest BCUT2D eigenvalue weighted by Crippen LogP contribution is 2.27. The number of hydrogen-bond acceptors (Lipinski definition) is 3. The lowest BCUT2D eigenvalue weighted by Gasteiger charge is -2.11. The van der Waals surface area contributed by atoms with Crippen molar-refractivity contribution in [3.05, 3.63) is 23.2 Å². The number of nitrogens with one attached hydrogen (secondary N) is 2. The summed E-state index contributed by atoms with van der Waals surface area (Å²) in [6.07, 6.45) is 3.79. The van der Waals surface area contributed by atoms with Crippen LogP contribution in [0.25, 0.3) is 0 Å². The third-order valence-electron chi connectivity index (χ3n) is 3.32. The van der Waals surface area contributed by atoms with E-state index in [1.807, 2.05) is 0 Å². The summed E-state index contributed by atoms with van der Waals surface area (Å²) in [5.41, 5.74) is 0.704. The second kappa shape index (κ2) is 6.78. The molecule has 0 saturated carbocycles. The Bertz CT molecular complexity index is 445. The Morgan fingerprint density at radius 3 is 3.05 bits per heavy atom. The van der Waals surface area contributed by atoms with Gasteiger partial charge in [0, 0.05) is 18.2 Å². The monoisotopic (exact) mass is 282 g/mol. The van der Waals surface area contributed by atoms with Crippen molar-refractivity contribution in [2.75, 3.05) is 19.0 Å². The highest BCUT2D eigenvalue weighted by molar-refractivity contribution is 6.32. The van der Waals surface area contributed by atoms with E-state index in [0.717, 1.165) is 13.0 Å². The molecule has 1 aromatic rings. The number of anilines is 1. The fraction of sp³-hybridized carbons (Fsp3) is 0.500. The maximum atomic E-state index is 11.8. The van der Waals surface area contributed by atoms with Gasteiger partial charge in [0.25, 0.3) is 0 Å². The van der Waals surface area contributed by atoms with Gasteiger partial charge in [-0.1, -0.05) is 11.6 Å². The van der Waals surface area contributed by atoms with Gasteiger partial charge in [0.2, 0.25) is 5.91 Å². The molecule has 1 aliphatic rings. The van der Waals surface area contributed by atoms with Crippen molar-refractivity contribution >= 4 is 23.2 Å². The van der Waals surface area contributed by atoms with Gasteiger partial charge >= 0.3 is 0 Å². The van der Waals surface area contributed by atoms with E-state index < -0.39 is 0 Å². The van der Waals surface area contributed by atoms with Crippen LogP contribution in [0.5, 0.6) is 5.75 Å². The summed E-state index contributed by atoms with van der Waals surface area (Å²) >= 11 is 6.01. The predicted octanol–water partition coefficient (Wildman–Crippen LogP) is 2.82. The molecular formula is C14H19ClN2O2. The molecule has 2 N–H and O–H groups in total. The summed E-state index contributed by atoms with van der Waals surface area (Å²) in [5.74, 6) is 0.629. The number of hydrogen-bond donors (Lipinski definition) is 2. The van der Waals surface area contributed by atoms with Crippen molar-refractivity contribution in [3.8, 4) is 5.75 Å². The fourth-order valence-electron chi connectivity index (χ4n) is 2.28. The summed E-state index contributed by atoms with van der Waals surface area (Å²) < 4.78 is 5.07. The normalized spacial score (nSPS) is 18.3. The molecule has 1 aliphatic heterocycles. The van der Waals surface area contributed by atoms with Gasteiger partial charge in [-0.25, -0.2) is 0 Å². The zero-order valence-electron chi connectivity index (χ0n) is 11.0. The summed E-state index contributed by atoms with van der Waals surface area (Å²) in [7, 11) is 1.56. The molecule has 1 unspecified atom stereocenters. The fourth-order valence-corrected chi connectivity index (χ4v) is 2.53. The summed E-state index contributed by atoms with van der Waals surface area (Å²) in [6, 6.07) is 5.73. The van der Waals surface area contributed by atoms with Crippen LogP contribution in [0.15, 0.2) is 18.2 Å². The zero-order chi connectivity index (χ0) is 13.7. The first-order valence-electron chi connectivity index (χ1n) is 6.56. The van der Waals surface area contributed by atoms with Crippen LogP contribution in [0.2, 0.25) is 5.02 Å². The first-order valence-corrected chi connectivity index (χ1v) is 6.93. The number of amides is 1. The van der Waals surface area contributed by atoms with Crippen LogP contribution in [0.1, 0.15) is 25.7 Å². The molecule has 1 atom stereocenters. The minimum atomic E-state index is 0.0231. The number of halogens is 1. The van der Waals surface area contributed by atoms with Gasteiger partial charge in [-0.15, -0.1) is 0 Å². The smallest absolute Gasteiger partial charge is 0.224 e. The van der Waals surface area contributed by atoms with E-state index in [1.165, 1.54) is 12.8 Å². The lowest BCUT2D eigenvalue weighted by atomic mass is 10.1. The predicted molar refractivity (Wildman–Crippen MR) is 76.9 cm³/mol. The van der Waals surface area contributed by atoms with Gasteiger partial charge in [-0.2, -0.15) is 0 Å². The maximum Gasteiger partial charge on any atom is 0.224 e. The number of methoxy groups -OCH3 is 1. The van der Waals surface area contributed by atoms with Crippen molar-refractivity contribution in [1.82, 2.24) is 5.32 Å². The zero-order valence-corrected chi connectivity index (χ0v) is 11.8. The summed E-state index contributed by atoms with van der Waals surface area (Å²) in [5, 5.41) is 6.73. The molecule has 1 heterocycles. The standard InChI is InChI=1S/C14H19ClN2O2/c1-19-13-6-4-11(9-12(13)15)17-14(18)7-5-10-3-2-8-16-10/h4,6,9-10,16H,2-3,5,7-8H2,1H3,(H,17,18). The first-order chi connectivity index (χ1) is 9.19. The average Bonchev–Trinajstić information content (AvgIpc) is 2.90. The van der Waals surface area contributed by atoms with Crippen molar-refractivity contribution in [3.63, 3.8) is 0 Å². The second-order valence-electron chi connectivity index (χ2n) is 4.73. The van der Waals surface area contributed by atoms with Crippen molar-refractivity contribution < 1.29 is 9.53 Å². The molecule has 4 nitrogen and oxygen atoms in total. The van der Waals surface area contributed by atoms with Crippen LogP contribution in [0, 0.1) is 0 Å². The van der Waals surface area contributed by atoms with Crippen LogP contribution >= 0.6 is 11.6 Å². The number of ether oxygens (including phenoxy) is 1. The minimum Gasteiger partial charge on any atom is -0.495 e. The molecule has 0 bridgehead atoms. The average molecular weight is 283 g/mol. The summed E-state index contributed by atoms with van der Waals surface area (Å²) in [6.45, 7) is 1.07. The number of rotatable bonds is 5. The van der Waals surface area contributed by atoms with Gasteiger partial charge in [0.15, 0.2) is 0 Å². The molecule has 2 rings (SSSR count). The van der Waals surface area contributed by atoms with E-state index in [1.54, 1.807) is 25.3 Å². The molecule has 1 amide bonds. The lowest BCUT2D eigenvalue weighted by molar-refractivity contribution is -0.116. The molecule has 0 aromatic heterocycles. The Morgan fingerprint density at radius 1 is 1.58 bits per heavy atom. The van der Waals surface area contributed by atoms with Crippen LogP contribution < -0.4 is 15.4 Å². The molecule has 0 spiro atoms. The molecule has 0 radical (unpaired) electrons. The molecule has 0 aliphatic carbocycles. The number of benzene rings is 1. The van der Waals surface area contributed by atoms with Crippen LogP contribution in [0.4, 0.5) is 5.69 Å². The van der Waals surface area contributed by atoms with E-state index in [-0.39, 0.29) is 5.91 Å². The van der Waals surface area contributed by atoms with Gasteiger partial charge in [-0.05, 0) is 44.0 Å². The third kappa shape index (κ3) is 4.11. The second-order valence-corrected chi connectivity index (χ2v) is 5.14. The Morgan fingerprint density at radius 2 is 2.42 bits per heavy atom. The highest BCUT2D eigenvalue weighted by atomic mass is 35.5. The Hall–Kier alpha value is -1.26. The lowest BCUT2D eigenvalue weighted by Crippen LogP contribution is -2.23. The molecule has 1 fully saturated rings. The van der Waals surface area contributed by atoms with Crippen molar-refractivity contribution in [2.24, 2.45) is 0 Å². The largest absolute Gasteiger partial charge is 0.495 e. The quantitative estimate of drug-likeness (QED) is 0.873. The van der Waals surface area contributed by atoms with Crippen molar-refractivity contribution in [2.45, 2.75) is 31.7 Å². The molecule has 1 aromatic carbocycles. The van der Waals surface area contributed by atoms with Gasteiger partial charge in [-0.3, -0.25) is 4.79 Å². The third-order valence-corrected chi connectivity index (χ3v) is 3.61. The van der Waals surface area contributed by atoms with Crippen LogP contribution in [-0.2, 0) is 4.79 Å². The van der Waals surface area contributed by atoms with E-state index in [0.29, 0.717) is 28.9 Å². The highest BCUT2D eigenvalue weighted by Gasteiger charge is 2.15. The van der Waals surface area contributed by atoms with E-state index >= 15 is 0 Å². The Balaban J connectivity index is 1.82. The minimum absolute atomic E-state index is 0.0231. The maximum absolute atomic E-state index is 11.8. The van der Waals surface area contributed by atoms with Crippen LogP contribution in [-0.4, -0.2) is 25.6 Å². The van der Waals surface area contributed by atoms with E-state index in [4.69, 9.17) is 16.3 Å². The Labute approximate surface area is 118 Å². The number of carbonyl (C=O) groups is 1. The molecule has 104 valence electrons. The Kier molecular flexibility index (Phi) is 5.05. The summed E-state index contributed by atoms with van der Waals surface area (Å²) in [4.78, 5) is 11.8. The molecule has 5 heteroatoms. The molecular weight excluding hydrogens is 264 g/mol. The SMILES string of the molecule is COc1ccc(NC(=O)CCC2CCCN2)cc1Cl. The topological polar surface area (TPSA) is 50.4 Å². The molecule has 19 heavy (non-hydrogen) atoms.